The third kappa shape index (κ3) is 5.19. The minimum atomic E-state index is -0.656. The van der Waals surface area contributed by atoms with Crippen molar-refractivity contribution in [2.24, 2.45) is 11.8 Å². The molecule has 0 aliphatic carbocycles. The SMILES string of the molecule is CC(C)CN(C(=O)/C=C/c1cccs1)c1c(N)n(CC(C)C)c(=O)[nH]c1=O. The first kappa shape index (κ1) is 20.7. The molecule has 2 aromatic rings. The van der Waals surface area contributed by atoms with Crippen molar-refractivity contribution in [3.63, 3.8) is 0 Å². The minimum Gasteiger partial charge on any atom is -0.383 e. The van der Waals surface area contributed by atoms with Gasteiger partial charge in [0.05, 0.1) is 0 Å². The lowest BCUT2D eigenvalue weighted by atomic mass is 10.2. The molecule has 0 bridgehead atoms. The average Bonchev–Trinajstić information content (AvgIpc) is 3.08. The molecule has 27 heavy (non-hydrogen) atoms. The molecule has 3 N–H and O–H groups in total. The van der Waals surface area contributed by atoms with Gasteiger partial charge < -0.3 is 10.6 Å². The number of aromatic amines is 1. The summed E-state index contributed by atoms with van der Waals surface area (Å²) in [6.45, 7) is 8.43. The van der Waals surface area contributed by atoms with Crippen LogP contribution in [0.3, 0.4) is 0 Å². The first-order chi connectivity index (χ1) is 12.7. The summed E-state index contributed by atoms with van der Waals surface area (Å²) in [4.78, 5) is 42.1. The monoisotopic (exact) mass is 390 g/mol. The van der Waals surface area contributed by atoms with Crippen molar-refractivity contribution in [2.75, 3.05) is 17.2 Å². The summed E-state index contributed by atoms with van der Waals surface area (Å²) < 4.78 is 1.31. The van der Waals surface area contributed by atoms with Crippen molar-refractivity contribution in [3.8, 4) is 0 Å². The molecule has 146 valence electrons. The van der Waals surface area contributed by atoms with E-state index in [1.807, 2.05) is 45.2 Å². The van der Waals surface area contributed by atoms with Crippen LogP contribution in [0.25, 0.3) is 6.08 Å². The summed E-state index contributed by atoms with van der Waals surface area (Å²) in [5.74, 6) is -0.0925. The number of carbonyl (C=O) groups is 1. The summed E-state index contributed by atoms with van der Waals surface area (Å²) in [5.41, 5.74) is 4.96. The Morgan fingerprint density at radius 2 is 2.00 bits per heavy atom. The quantitative estimate of drug-likeness (QED) is 0.709. The Balaban J connectivity index is 2.51. The van der Waals surface area contributed by atoms with Gasteiger partial charge in [0.25, 0.3) is 11.5 Å². The summed E-state index contributed by atoms with van der Waals surface area (Å²) in [5, 5.41) is 1.92. The van der Waals surface area contributed by atoms with Crippen molar-refractivity contribution in [2.45, 2.75) is 34.2 Å². The van der Waals surface area contributed by atoms with Crippen molar-refractivity contribution in [1.82, 2.24) is 9.55 Å². The van der Waals surface area contributed by atoms with Gasteiger partial charge in [-0.3, -0.25) is 19.1 Å². The molecule has 0 fully saturated rings. The van der Waals surface area contributed by atoms with Crippen LogP contribution < -0.4 is 21.9 Å². The van der Waals surface area contributed by atoms with Crippen molar-refractivity contribution < 1.29 is 4.79 Å². The highest BCUT2D eigenvalue weighted by Crippen LogP contribution is 2.20. The van der Waals surface area contributed by atoms with Crippen LogP contribution in [0.2, 0.25) is 0 Å². The molecule has 2 heterocycles. The Bertz CT molecular complexity index is 923. The number of nitrogens with one attached hydrogen (secondary N) is 1. The van der Waals surface area contributed by atoms with Gasteiger partial charge in [-0.15, -0.1) is 11.3 Å². The van der Waals surface area contributed by atoms with E-state index in [4.69, 9.17) is 5.73 Å². The lowest BCUT2D eigenvalue weighted by Gasteiger charge is -2.25. The van der Waals surface area contributed by atoms with E-state index in [1.54, 1.807) is 6.08 Å². The first-order valence-electron chi connectivity index (χ1n) is 8.86. The number of hydrogen-bond acceptors (Lipinski definition) is 5. The molecule has 0 saturated heterocycles. The van der Waals surface area contributed by atoms with Crippen LogP contribution in [0.1, 0.15) is 32.6 Å². The fraction of sp³-hybridized carbons (Fsp3) is 0.421. The highest BCUT2D eigenvalue weighted by atomic mass is 32.1. The van der Waals surface area contributed by atoms with Gasteiger partial charge >= 0.3 is 5.69 Å². The summed E-state index contributed by atoms with van der Waals surface area (Å²) in [6, 6.07) is 3.79. The van der Waals surface area contributed by atoms with E-state index in [0.29, 0.717) is 13.1 Å². The fourth-order valence-electron chi connectivity index (χ4n) is 2.67. The number of nitrogens with zero attached hydrogens (tertiary/aromatic N) is 2. The van der Waals surface area contributed by atoms with Crippen LogP contribution >= 0.6 is 11.3 Å². The molecular formula is C19H26N4O3S. The standard InChI is InChI=1S/C19H26N4O3S/c1-12(2)10-22(15(24)8-7-14-6-5-9-27-14)16-17(20)23(11-13(3)4)19(26)21-18(16)25/h5-9,12-13H,10-11,20H2,1-4H3,(H,21,25,26)/b8-7+. The Kier molecular flexibility index (Phi) is 6.79. The molecule has 2 rings (SSSR count). The number of rotatable bonds is 7. The van der Waals surface area contributed by atoms with E-state index in [9.17, 15) is 14.4 Å². The van der Waals surface area contributed by atoms with Crippen LogP contribution in [0.15, 0.2) is 33.2 Å². The van der Waals surface area contributed by atoms with E-state index in [1.165, 1.54) is 26.9 Å². The second-order valence-corrected chi connectivity index (χ2v) is 8.17. The van der Waals surface area contributed by atoms with Gasteiger partial charge in [0.2, 0.25) is 0 Å². The van der Waals surface area contributed by atoms with Crippen LogP contribution in [0.5, 0.6) is 0 Å². The number of nitrogen functional groups attached to an aromatic ring is 1. The zero-order chi connectivity index (χ0) is 20.1. The number of thiophene rings is 1. The van der Waals surface area contributed by atoms with E-state index in [2.05, 4.69) is 4.98 Å². The maximum absolute atomic E-state index is 12.8. The van der Waals surface area contributed by atoms with Crippen LogP contribution in [-0.4, -0.2) is 22.0 Å². The lowest BCUT2D eigenvalue weighted by molar-refractivity contribution is -0.114. The summed E-state index contributed by atoms with van der Waals surface area (Å²) in [6.07, 6.45) is 3.12. The molecule has 1 amide bonds. The Morgan fingerprint density at radius 3 is 2.56 bits per heavy atom. The van der Waals surface area contributed by atoms with Crippen LogP contribution in [0.4, 0.5) is 11.5 Å². The van der Waals surface area contributed by atoms with E-state index in [0.717, 1.165) is 4.88 Å². The van der Waals surface area contributed by atoms with Gasteiger partial charge in [0.15, 0.2) is 5.69 Å². The Hall–Kier alpha value is -2.61. The molecule has 0 saturated carbocycles. The zero-order valence-corrected chi connectivity index (χ0v) is 16.9. The third-order valence-electron chi connectivity index (χ3n) is 3.78. The molecule has 0 aliphatic rings. The lowest BCUT2D eigenvalue weighted by Crippen LogP contribution is -2.42. The molecule has 0 unspecified atom stereocenters. The predicted octanol–water partition coefficient (Wildman–Crippen LogP) is 2.54. The minimum absolute atomic E-state index is 0.0102. The number of nitrogens with two attached hydrogens (primary N) is 1. The molecule has 0 spiro atoms. The summed E-state index contributed by atoms with van der Waals surface area (Å²) >= 11 is 1.51. The zero-order valence-electron chi connectivity index (χ0n) is 16.1. The topological polar surface area (TPSA) is 101 Å². The maximum atomic E-state index is 12.8. The van der Waals surface area contributed by atoms with Gasteiger partial charge in [-0.05, 0) is 29.4 Å². The second kappa shape index (κ2) is 8.85. The first-order valence-corrected chi connectivity index (χ1v) is 9.74. The maximum Gasteiger partial charge on any atom is 0.330 e. The molecule has 0 aromatic carbocycles. The number of carbonyl (C=O) groups excluding carboxylic acids is 1. The van der Waals surface area contributed by atoms with E-state index >= 15 is 0 Å². The molecule has 0 aliphatic heterocycles. The number of H-pyrrole nitrogens is 1. The molecule has 7 nitrogen and oxygen atoms in total. The second-order valence-electron chi connectivity index (χ2n) is 7.19. The molecule has 2 aromatic heterocycles. The summed E-state index contributed by atoms with van der Waals surface area (Å²) in [7, 11) is 0. The molecular weight excluding hydrogens is 364 g/mol. The highest BCUT2D eigenvalue weighted by Gasteiger charge is 2.24. The number of aromatic nitrogens is 2. The van der Waals surface area contributed by atoms with Crippen molar-refractivity contribution in [1.29, 1.82) is 0 Å². The van der Waals surface area contributed by atoms with E-state index in [-0.39, 0.29) is 29.2 Å². The highest BCUT2D eigenvalue weighted by molar-refractivity contribution is 7.10. The normalized spacial score (nSPS) is 11.6. The number of anilines is 2. The smallest absolute Gasteiger partial charge is 0.330 e. The molecule has 0 radical (unpaired) electrons. The van der Waals surface area contributed by atoms with Gasteiger partial charge in [0.1, 0.15) is 5.82 Å². The van der Waals surface area contributed by atoms with Gasteiger partial charge in [-0.25, -0.2) is 4.79 Å². The predicted molar refractivity (Wildman–Crippen MR) is 111 cm³/mol. The van der Waals surface area contributed by atoms with Crippen molar-refractivity contribution in [3.05, 3.63) is 49.3 Å². The molecule has 0 atom stereocenters. The van der Waals surface area contributed by atoms with Crippen molar-refractivity contribution >= 4 is 34.8 Å². The Labute approximate surface area is 162 Å². The molecule has 8 heteroatoms. The van der Waals surface area contributed by atoms with Gasteiger partial charge in [0, 0.05) is 24.0 Å². The largest absolute Gasteiger partial charge is 0.383 e. The third-order valence-corrected chi connectivity index (χ3v) is 4.62. The van der Waals surface area contributed by atoms with Crippen LogP contribution in [-0.2, 0) is 11.3 Å². The Morgan fingerprint density at radius 1 is 1.30 bits per heavy atom. The van der Waals surface area contributed by atoms with Crippen LogP contribution in [0, 0.1) is 11.8 Å². The van der Waals surface area contributed by atoms with Gasteiger partial charge in [-0.2, -0.15) is 0 Å². The number of amides is 1. The average molecular weight is 391 g/mol. The van der Waals surface area contributed by atoms with E-state index < -0.39 is 11.2 Å². The number of hydrogen-bond donors (Lipinski definition) is 2. The van der Waals surface area contributed by atoms with Gasteiger partial charge in [-0.1, -0.05) is 33.8 Å². The fourth-order valence-corrected chi connectivity index (χ4v) is 3.29.